The van der Waals surface area contributed by atoms with Crippen molar-refractivity contribution >= 4 is 34.9 Å². The number of amides is 1. The van der Waals surface area contributed by atoms with Gasteiger partial charge in [0.05, 0.1) is 35.6 Å². The fraction of sp³-hybridized carbons (Fsp3) is 0.536. The molecule has 2 saturated carbocycles. The third-order valence-electron chi connectivity index (χ3n) is 7.14. The van der Waals surface area contributed by atoms with Crippen molar-refractivity contribution in [2.24, 2.45) is 0 Å². The van der Waals surface area contributed by atoms with Gasteiger partial charge in [-0.25, -0.2) is 9.97 Å². The Balaban J connectivity index is 1.29. The molecule has 2 aliphatic rings. The van der Waals surface area contributed by atoms with Gasteiger partial charge in [-0.05, 0) is 70.2 Å². The number of rotatable bonds is 13. The van der Waals surface area contributed by atoms with Gasteiger partial charge in [0.2, 0.25) is 5.88 Å². The lowest BCUT2D eigenvalue weighted by Crippen LogP contribution is -2.37. The largest absolute Gasteiger partial charge is 0.477 e. The van der Waals surface area contributed by atoms with Crippen LogP contribution >= 0.6 is 23.3 Å². The van der Waals surface area contributed by atoms with Crippen LogP contribution in [0.25, 0.3) is 10.6 Å². The van der Waals surface area contributed by atoms with E-state index in [-0.39, 0.29) is 11.9 Å². The SMILES string of the molecule is CCOc1cncc(-c2cnc(C(=O)NC(CCN(C)C3CCCCC3)c3cc(NSC4CC4)ccn3)s2)n1. The predicted octanol–water partition coefficient (Wildman–Crippen LogP) is 5.74. The van der Waals surface area contributed by atoms with Crippen LogP contribution in [-0.4, -0.2) is 62.2 Å². The van der Waals surface area contributed by atoms with Gasteiger partial charge in [-0.15, -0.1) is 11.3 Å². The molecule has 3 aromatic heterocycles. The number of aromatic nitrogens is 4. The van der Waals surface area contributed by atoms with Gasteiger partial charge in [-0.1, -0.05) is 19.3 Å². The van der Waals surface area contributed by atoms with Crippen LogP contribution < -0.4 is 14.8 Å². The Hall–Kier alpha value is -2.76. The lowest BCUT2D eigenvalue weighted by molar-refractivity contribution is 0.0927. The fourth-order valence-electron chi connectivity index (χ4n) is 4.77. The summed E-state index contributed by atoms with van der Waals surface area (Å²) in [6.45, 7) is 3.30. The van der Waals surface area contributed by atoms with Crippen LogP contribution in [-0.2, 0) is 0 Å². The van der Waals surface area contributed by atoms with Crippen LogP contribution in [0.3, 0.4) is 0 Å². The highest BCUT2D eigenvalue weighted by Crippen LogP contribution is 2.35. The van der Waals surface area contributed by atoms with Crippen molar-refractivity contribution in [2.75, 3.05) is 24.9 Å². The number of ether oxygens (including phenoxy) is 1. The maximum Gasteiger partial charge on any atom is 0.280 e. The molecule has 0 spiro atoms. The molecule has 3 aromatic rings. The van der Waals surface area contributed by atoms with Crippen molar-refractivity contribution in [1.82, 2.24) is 30.2 Å². The Morgan fingerprint density at radius 2 is 2.03 bits per heavy atom. The average molecular weight is 568 g/mol. The van der Waals surface area contributed by atoms with Gasteiger partial charge in [0.15, 0.2) is 5.01 Å². The summed E-state index contributed by atoms with van der Waals surface area (Å²) in [5, 5.41) is 4.31. The first kappa shape index (κ1) is 27.8. The van der Waals surface area contributed by atoms with Gasteiger partial charge in [0, 0.05) is 35.9 Å². The second-order valence-electron chi connectivity index (χ2n) is 10.2. The predicted molar refractivity (Wildman–Crippen MR) is 157 cm³/mol. The molecule has 1 amide bonds. The van der Waals surface area contributed by atoms with E-state index in [1.165, 1.54) is 56.3 Å². The Labute approximate surface area is 238 Å². The summed E-state index contributed by atoms with van der Waals surface area (Å²) in [7, 11) is 2.21. The van der Waals surface area contributed by atoms with E-state index in [4.69, 9.17) is 4.74 Å². The van der Waals surface area contributed by atoms with Crippen molar-refractivity contribution < 1.29 is 9.53 Å². The molecule has 1 unspecified atom stereocenters. The Kier molecular flexibility index (Phi) is 9.65. The van der Waals surface area contributed by atoms with E-state index in [1.807, 2.05) is 19.2 Å². The van der Waals surface area contributed by atoms with Crippen molar-refractivity contribution in [3.63, 3.8) is 0 Å². The maximum atomic E-state index is 13.4. The lowest BCUT2D eigenvalue weighted by Gasteiger charge is -2.32. The zero-order valence-corrected chi connectivity index (χ0v) is 24.3. The van der Waals surface area contributed by atoms with Crippen LogP contribution in [0.15, 0.2) is 36.9 Å². The molecule has 9 nitrogen and oxygen atoms in total. The van der Waals surface area contributed by atoms with E-state index in [0.29, 0.717) is 34.5 Å². The number of nitrogens with zero attached hydrogens (tertiary/aromatic N) is 5. The second kappa shape index (κ2) is 13.5. The van der Waals surface area contributed by atoms with E-state index in [0.717, 1.165) is 29.2 Å². The summed E-state index contributed by atoms with van der Waals surface area (Å²) in [5.74, 6) is 0.244. The number of hydrogen-bond donors (Lipinski definition) is 2. The molecular formula is C28H37N7O2S2. The third-order valence-corrected chi connectivity index (χ3v) is 9.31. The number of hydrogen-bond acceptors (Lipinski definition) is 10. The number of thiazole rings is 1. The molecule has 0 aromatic carbocycles. The summed E-state index contributed by atoms with van der Waals surface area (Å²) in [5.41, 5.74) is 2.51. The molecule has 208 valence electrons. The number of nitrogens with one attached hydrogen (secondary N) is 2. The highest BCUT2D eigenvalue weighted by atomic mass is 32.2. The van der Waals surface area contributed by atoms with Gasteiger partial charge in [0.25, 0.3) is 5.91 Å². The quantitative estimate of drug-likeness (QED) is 0.250. The fourth-order valence-corrected chi connectivity index (χ4v) is 6.35. The smallest absolute Gasteiger partial charge is 0.280 e. The normalized spacial score (nSPS) is 16.7. The first-order valence-corrected chi connectivity index (χ1v) is 15.6. The summed E-state index contributed by atoms with van der Waals surface area (Å²) in [6.07, 6.45) is 16.5. The zero-order chi connectivity index (χ0) is 27.0. The monoisotopic (exact) mass is 567 g/mol. The zero-order valence-electron chi connectivity index (χ0n) is 22.6. The van der Waals surface area contributed by atoms with Crippen molar-refractivity contribution in [2.45, 2.75) is 75.6 Å². The minimum atomic E-state index is -0.232. The first-order chi connectivity index (χ1) is 19.1. The number of carbonyl (C=O) groups is 1. The molecular weight excluding hydrogens is 530 g/mol. The van der Waals surface area contributed by atoms with Crippen LogP contribution in [0.5, 0.6) is 5.88 Å². The third kappa shape index (κ3) is 7.89. The number of pyridine rings is 1. The van der Waals surface area contributed by atoms with Crippen molar-refractivity contribution in [3.8, 4) is 16.5 Å². The molecule has 1 atom stereocenters. The molecule has 5 rings (SSSR count). The molecule has 0 radical (unpaired) electrons. The highest BCUT2D eigenvalue weighted by molar-refractivity contribution is 8.01. The summed E-state index contributed by atoms with van der Waals surface area (Å²) >= 11 is 3.07. The summed E-state index contributed by atoms with van der Waals surface area (Å²) in [6, 6.07) is 4.42. The van der Waals surface area contributed by atoms with Gasteiger partial charge in [0.1, 0.15) is 5.69 Å². The minimum Gasteiger partial charge on any atom is -0.477 e. The maximum absolute atomic E-state index is 13.4. The number of anilines is 1. The number of carbonyl (C=O) groups excluding carboxylic acids is 1. The van der Waals surface area contributed by atoms with E-state index >= 15 is 0 Å². The molecule has 39 heavy (non-hydrogen) atoms. The Morgan fingerprint density at radius 1 is 1.18 bits per heavy atom. The van der Waals surface area contributed by atoms with Gasteiger partial charge >= 0.3 is 0 Å². The van der Waals surface area contributed by atoms with Gasteiger partial charge in [-0.2, -0.15) is 0 Å². The van der Waals surface area contributed by atoms with E-state index < -0.39 is 0 Å². The highest BCUT2D eigenvalue weighted by Gasteiger charge is 2.25. The Morgan fingerprint density at radius 3 is 2.82 bits per heavy atom. The summed E-state index contributed by atoms with van der Waals surface area (Å²) in [4.78, 5) is 34.4. The summed E-state index contributed by atoms with van der Waals surface area (Å²) < 4.78 is 8.93. The molecule has 0 saturated heterocycles. The minimum absolute atomic E-state index is 0.210. The van der Waals surface area contributed by atoms with E-state index in [9.17, 15) is 4.79 Å². The molecule has 11 heteroatoms. The molecule has 3 heterocycles. The van der Waals surface area contributed by atoms with Crippen LogP contribution in [0.4, 0.5) is 5.69 Å². The second-order valence-corrected chi connectivity index (χ2v) is 12.3. The topological polar surface area (TPSA) is 105 Å². The lowest BCUT2D eigenvalue weighted by atomic mass is 9.94. The van der Waals surface area contributed by atoms with Crippen LogP contribution in [0, 0.1) is 0 Å². The molecule has 0 bridgehead atoms. The van der Waals surface area contributed by atoms with Crippen LogP contribution in [0.2, 0.25) is 0 Å². The molecule has 0 aliphatic heterocycles. The molecule has 2 aliphatic carbocycles. The molecule has 2 N–H and O–H groups in total. The van der Waals surface area contributed by atoms with Crippen molar-refractivity contribution in [1.29, 1.82) is 0 Å². The van der Waals surface area contributed by atoms with Crippen LogP contribution in [0.1, 0.15) is 79.8 Å². The first-order valence-electron chi connectivity index (χ1n) is 13.9. The van der Waals surface area contributed by atoms with Crippen molar-refractivity contribution in [3.05, 3.63) is 47.6 Å². The Bertz CT molecular complexity index is 1230. The van der Waals surface area contributed by atoms with E-state index in [2.05, 4.69) is 48.0 Å². The van der Waals surface area contributed by atoms with Gasteiger partial charge < -0.3 is 19.7 Å². The van der Waals surface area contributed by atoms with Gasteiger partial charge in [-0.3, -0.25) is 14.8 Å². The standard InChI is InChI=1S/C28H37N7O2S2/c1-3-37-26-18-29-16-24(32-26)25-17-31-28(38-25)27(36)33-22(12-14-35(2)20-7-5-4-6-8-20)23-15-19(11-13-30-23)34-39-21-9-10-21/h11,13,15-18,20-22H,3-10,12,14H2,1-2H3,(H,30,34)(H,33,36). The van der Waals surface area contributed by atoms with E-state index in [1.54, 1.807) is 30.5 Å². The average Bonchev–Trinajstić information content (AvgIpc) is 3.67. The molecule has 2 fully saturated rings.